The third-order valence-corrected chi connectivity index (χ3v) is 4.02. The Bertz CT molecular complexity index is 500. The quantitative estimate of drug-likeness (QED) is 0.865. The second-order valence-electron chi connectivity index (χ2n) is 5.36. The molecule has 0 spiro atoms. The minimum atomic E-state index is -0.701. The molecule has 1 aliphatic heterocycles. The molecule has 0 bridgehead atoms. The van der Waals surface area contributed by atoms with Crippen molar-refractivity contribution in [3.8, 4) is 5.75 Å². The Labute approximate surface area is 112 Å². The summed E-state index contributed by atoms with van der Waals surface area (Å²) in [4.78, 5) is 11.3. The van der Waals surface area contributed by atoms with Crippen LogP contribution in [-0.2, 0) is 11.2 Å². The molecule has 1 aromatic rings. The summed E-state index contributed by atoms with van der Waals surface area (Å²) in [7, 11) is 0. The fourth-order valence-electron chi connectivity index (χ4n) is 2.85. The Morgan fingerprint density at radius 2 is 2.37 bits per heavy atom. The highest BCUT2D eigenvalue weighted by atomic mass is 16.6. The molecule has 0 aromatic heterocycles. The van der Waals surface area contributed by atoms with Crippen LogP contribution in [0, 0.1) is 5.92 Å². The second-order valence-corrected chi connectivity index (χ2v) is 5.36. The summed E-state index contributed by atoms with van der Waals surface area (Å²) < 4.78 is 5.36. The van der Waals surface area contributed by atoms with Gasteiger partial charge < -0.3 is 15.2 Å². The number of nitrogens with one attached hydrogen (secondary N) is 1. The predicted molar refractivity (Wildman–Crippen MR) is 70.9 cm³/mol. The highest BCUT2D eigenvalue weighted by molar-refractivity contribution is 5.75. The molecule has 3 atom stereocenters. The SMILES string of the molecule is CCC(=O)NC[C@@H]1CC1c1cccc2c1C[C@@H](O)O2. The maximum Gasteiger partial charge on any atom is 0.219 e. The van der Waals surface area contributed by atoms with Gasteiger partial charge in [0.2, 0.25) is 12.2 Å². The predicted octanol–water partition coefficient (Wildman–Crippen LogP) is 1.57. The fourth-order valence-corrected chi connectivity index (χ4v) is 2.85. The molecule has 4 nitrogen and oxygen atoms in total. The Hall–Kier alpha value is -1.55. The Kier molecular flexibility index (Phi) is 3.19. The van der Waals surface area contributed by atoms with Crippen LogP contribution in [0.5, 0.6) is 5.75 Å². The van der Waals surface area contributed by atoms with Crippen LogP contribution in [0.2, 0.25) is 0 Å². The molecular formula is C15H19NO3. The summed E-state index contributed by atoms with van der Waals surface area (Å²) in [5.41, 5.74) is 2.43. The van der Waals surface area contributed by atoms with Crippen molar-refractivity contribution in [1.29, 1.82) is 0 Å². The zero-order valence-electron chi connectivity index (χ0n) is 11.1. The van der Waals surface area contributed by atoms with Gasteiger partial charge in [0.15, 0.2) is 0 Å². The van der Waals surface area contributed by atoms with Crippen LogP contribution in [0.25, 0.3) is 0 Å². The van der Waals surface area contributed by atoms with E-state index in [0.717, 1.165) is 24.3 Å². The first-order valence-electron chi connectivity index (χ1n) is 6.92. The molecule has 1 saturated carbocycles. The van der Waals surface area contributed by atoms with E-state index in [9.17, 15) is 9.90 Å². The number of amides is 1. The molecule has 1 amide bonds. The van der Waals surface area contributed by atoms with Crippen molar-refractivity contribution in [2.45, 2.75) is 38.4 Å². The molecule has 1 aromatic carbocycles. The van der Waals surface area contributed by atoms with Crippen LogP contribution < -0.4 is 10.1 Å². The summed E-state index contributed by atoms with van der Waals surface area (Å²) in [5, 5.41) is 12.5. The van der Waals surface area contributed by atoms with Gasteiger partial charge in [-0.15, -0.1) is 0 Å². The zero-order chi connectivity index (χ0) is 13.4. The standard InChI is InChI=1S/C15H19NO3/c1-2-14(17)16-8-9-6-11(9)10-4-3-5-13-12(10)7-15(18)19-13/h3-5,9,11,15,18H,2,6-8H2,1H3,(H,16,17)/t9-,11?,15-/m0/s1. The summed E-state index contributed by atoms with van der Waals surface area (Å²) in [5.74, 6) is 1.96. The Morgan fingerprint density at radius 1 is 1.53 bits per heavy atom. The largest absolute Gasteiger partial charge is 0.464 e. The lowest BCUT2D eigenvalue weighted by molar-refractivity contribution is -0.120. The number of carbonyl (C=O) groups excluding carboxylic acids is 1. The highest BCUT2D eigenvalue weighted by Crippen LogP contribution is 2.50. The number of hydrogen-bond donors (Lipinski definition) is 2. The average Bonchev–Trinajstić information content (AvgIpc) is 3.07. The van der Waals surface area contributed by atoms with Gasteiger partial charge in [0, 0.05) is 24.9 Å². The van der Waals surface area contributed by atoms with Crippen LogP contribution in [-0.4, -0.2) is 23.8 Å². The zero-order valence-corrected chi connectivity index (χ0v) is 11.1. The van der Waals surface area contributed by atoms with E-state index in [1.165, 1.54) is 5.56 Å². The molecule has 0 radical (unpaired) electrons. The number of ether oxygens (including phenoxy) is 1. The van der Waals surface area contributed by atoms with E-state index in [-0.39, 0.29) is 5.91 Å². The Morgan fingerprint density at radius 3 is 3.16 bits per heavy atom. The van der Waals surface area contributed by atoms with E-state index in [4.69, 9.17) is 4.74 Å². The number of hydrogen-bond acceptors (Lipinski definition) is 3. The molecule has 102 valence electrons. The first kappa shape index (κ1) is 12.5. The molecule has 1 aliphatic carbocycles. The van der Waals surface area contributed by atoms with Crippen molar-refractivity contribution in [3.05, 3.63) is 29.3 Å². The van der Waals surface area contributed by atoms with Crippen LogP contribution >= 0.6 is 0 Å². The van der Waals surface area contributed by atoms with Crippen molar-refractivity contribution in [1.82, 2.24) is 5.32 Å². The van der Waals surface area contributed by atoms with Crippen LogP contribution in [0.1, 0.15) is 36.8 Å². The van der Waals surface area contributed by atoms with Crippen molar-refractivity contribution in [3.63, 3.8) is 0 Å². The molecule has 1 unspecified atom stereocenters. The summed E-state index contributed by atoms with van der Waals surface area (Å²) in [6.45, 7) is 2.62. The third-order valence-electron chi connectivity index (χ3n) is 4.02. The van der Waals surface area contributed by atoms with Gasteiger partial charge in [-0.1, -0.05) is 19.1 Å². The van der Waals surface area contributed by atoms with Gasteiger partial charge in [-0.05, 0) is 29.9 Å². The molecule has 2 aliphatic rings. The maximum absolute atomic E-state index is 11.3. The molecule has 4 heteroatoms. The number of fused-ring (bicyclic) bond motifs is 1. The molecule has 1 heterocycles. The number of carbonyl (C=O) groups is 1. The maximum atomic E-state index is 11.3. The Balaban J connectivity index is 1.66. The molecule has 3 rings (SSSR count). The molecule has 1 fully saturated rings. The smallest absolute Gasteiger partial charge is 0.219 e. The normalized spacial score (nSPS) is 27.6. The van der Waals surface area contributed by atoms with Crippen LogP contribution in [0.15, 0.2) is 18.2 Å². The van der Waals surface area contributed by atoms with E-state index in [0.29, 0.717) is 24.7 Å². The van der Waals surface area contributed by atoms with E-state index in [2.05, 4.69) is 11.4 Å². The van der Waals surface area contributed by atoms with E-state index < -0.39 is 6.29 Å². The van der Waals surface area contributed by atoms with Gasteiger partial charge in [-0.2, -0.15) is 0 Å². The van der Waals surface area contributed by atoms with Crippen molar-refractivity contribution in [2.75, 3.05) is 6.54 Å². The monoisotopic (exact) mass is 261 g/mol. The van der Waals surface area contributed by atoms with Gasteiger partial charge in [0.05, 0.1) is 0 Å². The van der Waals surface area contributed by atoms with E-state index >= 15 is 0 Å². The first-order chi connectivity index (χ1) is 9.19. The molecule has 0 saturated heterocycles. The van der Waals surface area contributed by atoms with Crippen LogP contribution in [0.4, 0.5) is 0 Å². The van der Waals surface area contributed by atoms with Gasteiger partial charge in [0.25, 0.3) is 0 Å². The number of rotatable bonds is 4. The third kappa shape index (κ3) is 2.45. The van der Waals surface area contributed by atoms with Gasteiger partial charge in [0.1, 0.15) is 5.75 Å². The van der Waals surface area contributed by atoms with Gasteiger partial charge in [-0.3, -0.25) is 4.79 Å². The minimum absolute atomic E-state index is 0.114. The lowest BCUT2D eigenvalue weighted by Crippen LogP contribution is -2.24. The van der Waals surface area contributed by atoms with E-state index in [1.807, 2.05) is 19.1 Å². The van der Waals surface area contributed by atoms with Crippen molar-refractivity contribution >= 4 is 5.91 Å². The first-order valence-corrected chi connectivity index (χ1v) is 6.92. The summed E-state index contributed by atoms with van der Waals surface area (Å²) >= 11 is 0. The summed E-state index contributed by atoms with van der Waals surface area (Å²) in [6, 6.07) is 6.00. The molecule has 2 N–H and O–H groups in total. The lowest BCUT2D eigenvalue weighted by Gasteiger charge is -2.07. The lowest BCUT2D eigenvalue weighted by atomic mass is 10.00. The average molecular weight is 261 g/mol. The second kappa shape index (κ2) is 4.85. The van der Waals surface area contributed by atoms with E-state index in [1.54, 1.807) is 0 Å². The topological polar surface area (TPSA) is 58.6 Å². The van der Waals surface area contributed by atoms with Gasteiger partial charge >= 0.3 is 0 Å². The highest BCUT2D eigenvalue weighted by Gasteiger charge is 2.41. The minimum Gasteiger partial charge on any atom is -0.464 e. The van der Waals surface area contributed by atoms with Crippen molar-refractivity contribution < 1.29 is 14.6 Å². The summed E-state index contributed by atoms with van der Waals surface area (Å²) in [6.07, 6.45) is 1.53. The number of aliphatic hydroxyl groups is 1. The van der Waals surface area contributed by atoms with Crippen LogP contribution in [0.3, 0.4) is 0 Å². The van der Waals surface area contributed by atoms with Crippen molar-refractivity contribution in [2.24, 2.45) is 5.92 Å². The molecular weight excluding hydrogens is 242 g/mol. The number of aliphatic hydroxyl groups excluding tert-OH is 1. The number of benzene rings is 1. The fraction of sp³-hybridized carbons (Fsp3) is 0.533. The molecule has 19 heavy (non-hydrogen) atoms. The van der Waals surface area contributed by atoms with Gasteiger partial charge in [-0.25, -0.2) is 0 Å².